The molecule has 0 unspecified atom stereocenters. The maximum absolute atomic E-state index is 11.6. The fourth-order valence-electron chi connectivity index (χ4n) is 1.31. The number of alkyl halides is 3. The van der Waals surface area contributed by atoms with Crippen molar-refractivity contribution >= 4 is 23.7 Å². The SMILES string of the molecule is CC(C)(C)OC(=O)N[C@@H](COc1ncccc1N)C(=O)O.O=C(O)C(F)(F)F. The van der Waals surface area contributed by atoms with Crippen LogP contribution in [-0.2, 0) is 14.3 Å². The Bertz CT molecular complexity index is 690. The summed E-state index contributed by atoms with van der Waals surface area (Å²) >= 11 is 0. The third-order valence-corrected chi connectivity index (χ3v) is 2.42. The molecule has 0 aliphatic rings. The van der Waals surface area contributed by atoms with Crippen molar-refractivity contribution in [2.75, 3.05) is 12.3 Å². The number of rotatable bonds is 5. The zero-order valence-corrected chi connectivity index (χ0v) is 15.1. The molecule has 1 heterocycles. The first-order valence-corrected chi connectivity index (χ1v) is 7.49. The van der Waals surface area contributed by atoms with Gasteiger partial charge < -0.3 is 30.7 Å². The lowest BCUT2D eigenvalue weighted by atomic mass is 10.2. The number of pyridine rings is 1. The predicted molar refractivity (Wildman–Crippen MR) is 88.6 cm³/mol. The van der Waals surface area contributed by atoms with Crippen molar-refractivity contribution in [3.8, 4) is 5.88 Å². The van der Waals surface area contributed by atoms with E-state index in [1.165, 1.54) is 6.20 Å². The largest absolute Gasteiger partial charge is 0.490 e. The average Bonchev–Trinajstić information content (AvgIpc) is 2.50. The highest BCUT2D eigenvalue weighted by atomic mass is 19.4. The molecule has 5 N–H and O–H groups in total. The summed E-state index contributed by atoms with van der Waals surface area (Å²) in [5.41, 5.74) is 5.17. The fourth-order valence-corrected chi connectivity index (χ4v) is 1.31. The van der Waals surface area contributed by atoms with Gasteiger partial charge in [-0.15, -0.1) is 0 Å². The van der Waals surface area contributed by atoms with Crippen molar-refractivity contribution in [3.63, 3.8) is 0 Å². The predicted octanol–water partition coefficient (Wildman–Crippen LogP) is 1.65. The van der Waals surface area contributed by atoms with Gasteiger partial charge in [0.1, 0.15) is 12.2 Å². The van der Waals surface area contributed by atoms with Crippen LogP contribution in [0.3, 0.4) is 0 Å². The van der Waals surface area contributed by atoms with Crippen LogP contribution in [0, 0.1) is 0 Å². The molecule has 0 bridgehead atoms. The van der Waals surface area contributed by atoms with Crippen LogP contribution >= 0.6 is 0 Å². The Morgan fingerprint density at radius 1 is 1.25 bits per heavy atom. The van der Waals surface area contributed by atoms with Gasteiger partial charge in [-0.25, -0.2) is 19.4 Å². The van der Waals surface area contributed by atoms with Gasteiger partial charge in [0, 0.05) is 6.20 Å². The van der Waals surface area contributed by atoms with E-state index in [9.17, 15) is 22.8 Å². The Kier molecular flexibility index (Phi) is 9.00. The number of aromatic nitrogens is 1. The van der Waals surface area contributed by atoms with Crippen molar-refractivity contribution in [2.45, 2.75) is 38.6 Å². The number of aliphatic carboxylic acids is 2. The molecule has 1 rings (SSSR count). The Morgan fingerprint density at radius 3 is 2.18 bits per heavy atom. The maximum Gasteiger partial charge on any atom is 0.490 e. The van der Waals surface area contributed by atoms with Gasteiger partial charge in [0.25, 0.3) is 0 Å². The van der Waals surface area contributed by atoms with Gasteiger partial charge >= 0.3 is 24.2 Å². The first-order chi connectivity index (χ1) is 12.6. The summed E-state index contributed by atoms with van der Waals surface area (Å²) in [4.78, 5) is 35.4. The second-order valence-electron chi connectivity index (χ2n) is 6.05. The minimum atomic E-state index is -5.08. The number of amides is 1. The molecule has 158 valence electrons. The van der Waals surface area contributed by atoms with E-state index in [0.29, 0.717) is 0 Å². The molecule has 13 heteroatoms. The van der Waals surface area contributed by atoms with Crippen molar-refractivity contribution in [3.05, 3.63) is 18.3 Å². The number of nitrogens with two attached hydrogens (primary N) is 1. The molecule has 0 aliphatic heterocycles. The number of nitrogen functional groups attached to an aromatic ring is 1. The minimum Gasteiger partial charge on any atom is -0.480 e. The summed E-state index contributed by atoms with van der Waals surface area (Å²) in [6, 6.07) is 1.91. The average molecular weight is 411 g/mol. The van der Waals surface area contributed by atoms with E-state index in [1.807, 2.05) is 0 Å². The standard InChI is InChI=1S/C13H19N3O5.C2HF3O2/c1-13(2,3)21-12(19)16-9(11(17)18)7-20-10-8(14)5-4-6-15-10;3-2(4,5)1(6)7/h4-6,9H,7,14H2,1-3H3,(H,16,19)(H,17,18);(H,6,7)/t9-;/m0./s1. The van der Waals surface area contributed by atoms with E-state index in [-0.39, 0.29) is 18.2 Å². The van der Waals surface area contributed by atoms with Crippen LogP contribution in [-0.4, -0.2) is 57.7 Å². The lowest BCUT2D eigenvalue weighted by molar-refractivity contribution is -0.192. The Morgan fingerprint density at radius 2 is 1.79 bits per heavy atom. The van der Waals surface area contributed by atoms with Crippen LogP contribution in [0.1, 0.15) is 20.8 Å². The number of halogens is 3. The highest BCUT2D eigenvalue weighted by molar-refractivity contribution is 5.80. The molecule has 0 radical (unpaired) electrons. The van der Waals surface area contributed by atoms with E-state index in [0.717, 1.165) is 0 Å². The molecular formula is C15H20F3N3O7. The number of carbonyl (C=O) groups is 3. The van der Waals surface area contributed by atoms with Gasteiger partial charge in [-0.05, 0) is 32.9 Å². The maximum atomic E-state index is 11.6. The number of carbonyl (C=O) groups excluding carboxylic acids is 1. The molecule has 0 saturated carbocycles. The number of carboxylic acids is 2. The normalized spacial score (nSPS) is 12.1. The lowest BCUT2D eigenvalue weighted by Gasteiger charge is -2.22. The molecule has 0 aliphatic carbocycles. The van der Waals surface area contributed by atoms with Gasteiger partial charge in [-0.2, -0.15) is 13.2 Å². The van der Waals surface area contributed by atoms with Crippen molar-refractivity contribution in [1.82, 2.24) is 10.3 Å². The zero-order chi connectivity index (χ0) is 22.1. The second kappa shape index (κ2) is 10.2. The third kappa shape index (κ3) is 10.7. The summed E-state index contributed by atoms with van der Waals surface area (Å²) in [7, 11) is 0. The number of alkyl carbamates (subject to hydrolysis) is 1. The van der Waals surface area contributed by atoms with Crippen LogP contribution in [0.4, 0.5) is 23.7 Å². The van der Waals surface area contributed by atoms with E-state index in [2.05, 4.69) is 10.3 Å². The topological polar surface area (TPSA) is 161 Å². The molecule has 1 atom stereocenters. The number of nitrogens with zero attached hydrogens (tertiary/aromatic N) is 1. The molecule has 1 aromatic rings. The zero-order valence-electron chi connectivity index (χ0n) is 15.1. The first-order valence-electron chi connectivity index (χ1n) is 7.49. The molecule has 1 aromatic heterocycles. The summed E-state index contributed by atoms with van der Waals surface area (Å²) in [6.45, 7) is 4.70. The van der Waals surface area contributed by atoms with Gasteiger partial charge in [-0.1, -0.05) is 0 Å². The van der Waals surface area contributed by atoms with Gasteiger partial charge in [0.2, 0.25) is 5.88 Å². The number of nitrogens with one attached hydrogen (secondary N) is 1. The van der Waals surface area contributed by atoms with E-state index >= 15 is 0 Å². The number of ether oxygens (including phenoxy) is 2. The number of hydrogen-bond acceptors (Lipinski definition) is 7. The highest BCUT2D eigenvalue weighted by Gasteiger charge is 2.38. The van der Waals surface area contributed by atoms with Gasteiger partial charge in [0.15, 0.2) is 6.04 Å². The summed E-state index contributed by atoms with van der Waals surface area (Å²) in [6.07, 6.45) is -4.46. The Balaban J connectivity index is 0.000000887. The minimum absolute atomic E-state index is 0.106. The van der Waals surface area contributed by atoms with E-state index in [1.54, 1.807) is 32.9 Å². The number of hydrogen-bond donors (Lipinski definition) is 4. The summed E-state index contributed by atoms with van der Waals surface area (Å²) in [5, 5.41) is 18.4. The summed E-state index contributed by atoms with van der Waals surface area (Å²) < 4.78 is 41.9. The van der Waals surface area contributed by atoms with E-state index < -0.39 is 35.9 Å². The van der Waals surface area contributed by atoms with Crippen molar-refractivity contribution in [2.24, 2.45) is 0 Å². The number of carboxylic acid groups (broad SMARTS) is 2. The quantitative estimate of drug-likeness (QED) is 0.564. The fraction of sp³-hybridized carbons (Fsp3) is 0.467. The molecule has 0 fully saturated rings. The smallest absolute Gasteiger partial charge is 0.480 e. The lowest BCUT2D eigenvalue weighted by Crippen LogP contribution is -2.46. The second-order valence-corrected chi connectivity index (χ2v) is 6.05. The molecule has 0 spiro atoms. The summed E-state index contributed by atoms with van der Waals surface area (Å²) in [5.74, 6) is -3.90. The van der Waals surface area contributed by atoms with Gasteiger partial charge in [-0.3, -0.25) is 0 Å². The molecule has 0 saturated heterocycles. The third-order valence-electron chi connectivity index (χ3n) is 2.42. The van der Waals surface area contributed by atoms with Crippen LogP contribution < -0.4 is 15.8 Å². The first kappa shape index (κ1) is 24.8. The molecular weight excluding hydrogens is 391 g/mol. The Hall–Kier alpha value is -3.25. The molecule has 1 amide bonds. The van der Waals surface area contributed by atoms with Crippen LogP contribution in [0.5, 0.6) is 5.88 Å². The number of anilines is 1. The highest BCUT2D eigenvalue weighted by Crippen LogP contribution is 2.16. The monoisotopic (exact) mass is 411 g/mol. The molecule has 0 aromatic carbocycles. The van der Waals surface area contributed by atoms with E-state index in [4.69, 9.17) is 30.2 Å². The van der Waals surface area contributed by atoms with Gasteiger partial charge in [0.05, 0.1) is 5.69 Å². The van der Waals surface area contributed by atoms with Crippen LogP contribution in [0.15, 0.2) is 18.3 Å². The molecule has 10 nitrogen and oxygen atoms in total. The van der Waals surface area contributed by atoms with Crippen LogP contribution in [0.2, 0.25) is 0 Å². The van der Waals surface area contributed by atoms with Crippen LogP contribution in [0.25, 0.3) is 0 Å². The Labute approximate surface area is 157 Å². The molecule has 28 heavy (non-hydrogen) atoms. The van der Waals surface area contributed by atoms with Crippen molar-refractivity contribution in [1.29, 1.82) is 0 Å². The van der Waals surface area contributed by atoms with Crippen molar-refractivity contribution < 1.29 is 47.2 Å².